The Balaban J connectivity index is 1.89. The minimum atomic E-state index is 0.454. The predicted octanol–water partition coefficient (Wildman–Crippen LogP) is 6.19. The third-order valence-corrected chi connectivity index (χ3v) is 6.30. The van der Waals surface area contributed by atoms with Crippen molar-refractivity contribution in [3.05, 3.63) is 47.0 Å². The van der Waals surface area contributed by atoms with E-state index in [0.717, 1.165) is 5.75 Å². The van der Waals surface area contributed by atoms with Gasteiger partial charge in [0, 0.05) is 28.6 Å². The molecule has 1 aliphatic heterocycles. The lowest BCUT2D eigenvalue weighted by Crippen LogP contribution is -2.17. The molecule has 2 nitrogen and oxygen atoms in total. The Labute approximate surface area is 156 Å². The molecule has 1 heterocycles. The minimum absolute atomic E-state index is 0.454. The molecule has 3 rings (SSSR count). The molecule has 2 aromatic carbocycles. The van der Waals surface area contributed by atoms with E-state index in [4.69, 9.17) is 4.74 Å². The third kappa shape index (κ3) is 3.98. The molecule has 2 aromatic rings. The van der Waals surface area contributed by atoms with E-state index in [1.807, 2.05) is 11.8 Å². The van der Waals surface area contributed by atoms with Crippen LogP contribution >= 0.6 is 11.8 Å². The van der Waals surface area contributed by atoms with Gasteiger partial charge in [-0.2, -0.15) is 0 Å². The van der Waals surface area contributed by atoms with Gasteiger partial charge in [0.05, 0.1) is 7.11 Å². The highest BCUT2D eigenvalue weighted by atomic mass is 32.2. The largest absolute Gasteiger partial charge is 0.496 e. The van der Waals surface area contributed by atoms with Gasteiger partial charge in [-0.1, -0.05) is 25.6 Å². The van der Waals surface area contributed by atoms with Crippen LogP contribution in [0.3, 0.4) is 0 Å². The van der Waals surface area contributed by atoms with Gasteiger partial charge in [-0.05, 0) is 79.6 Å². The maximum absolute atomic E-state index is 5.52. The zero-order chi connectivity index (χ0) is 18.0. The second-order valence-electron chi connectivity index (χ2n) is 7.26. The summed E-state index contributed by atoms with van der Waals surface area (Å²) in [5.74, 6) is 1.44. The summed E-state index contributed by atoms with van der Waals surface area (Å²) in [5.41, 5.74) is 5.40. The summed E-state index contributed by atoms with van der Waals surface area (Å²) < 4.78 is 5.52. The Morgan fingerprint density at radius 1 is 1.00 bits per heavy atom. The Bertz CT molecular complexity index is 725. The topological polar surface area (TPSA) is 12.5 Å². The van der Waals surface area contributed by atoms with Gasteiger partial charge in [-0.25, -0.2) is 0 Å². The summed E-state index contributed by atoms with van der Waals surface area (Å²) in [6, 6.07) is 11.3. The molecule has 0 spiro atoms. The number of aryl methyl sites for hydroxylation is 2. The van der Waals surface area contributed by atoms with Crippen LogP contribution in [0.15, 0.2) is 40.1 Å². The summed E-state index contributed by atoms with van der Waals surface area (Å²) >= 11 is 1.87. The zero-order valence-electron chi connectivity index (χ0n) is 16.1. The molecular weight excluding hydrogens is 326 g/mol. The first-order chi connectivity index (χ1) is 12.0. The molecule has 0 radical (unpaired) electrons. The average molecular weight is 356 g/mol. The number of hydrogen-bond donors (Lipinski definition) is 0. The van der Waals surface area contributed by atoms with E-state index in [-0.39, 0.29) is 0 Å². The van der Waals surface area contributed by atoms with Crippen molar-refractivity contribution >= 4 is 17.4 Å². The highest BCUT2D eigenvalue weighted by molar-refractivity contribution is 7.99. The average Bonchev–Trinajstić information content (AvgIpc) is 3.12. The van der Waals surface area contributed by atoms with Crippen LogP contribution in [0.2, 0.25) is 0 Å². The second-order valence-corrected chi connectivity index (χ2v) is 8.35. The fraction of sp³-hybridized carbons (Fsp3) is 0.455. The van der Waals surface area contributed by atoms with E-state index in [1.54, 1.807) is 7.11 Å². The van der Waals surface area contributed by atoms with Gasteiger partial charge in [0.1, 0.15) is 5.75 Å². The molecule has 0 atom stereocenters. The number of rotatable bonds is 5. The first kappa shape index (κ1) is 18.2. The zero-order valence-corrected chi connectivity index (χ0v) is 16.9. The minimum Gasteiger partial charge on any atom is -0.496 e. The fourth-order valence-electron chi connectivity index (χ4n) is 3.59. The quantitative estimate of drug-likeness (QED) is 0.635. The predicted molar refractivity (Wildman–Crippen MR) is 109 cm³/mol. The molecule has 0 saturated carbocycles. The molecule has 0 unspecified atom stereocenters. The van der Waals surface area contributed by atoms with Crippen LogP contribution in [0.5, 0.6) is 5.75 Å². The molecule has 25 heavy (non-hydrogen) atoms. The molecule has 0 bridgehead atoms. The molecule has 1 aliphatic rings. The molecule has 0 aromatic heterocycles. The van der Waals surface area contributed by atoms with Gasteiger partial charge in [0.2, 0.25) is 0 Å². The van der Waals surface area contributed by atoms with Crippen LogP contribution in [-0.2, 0) is 0 Å². The monoisotopic (exact) mass is 355 g/mol. The highest BCUT2D eigenvalue weighted by Gasteiger charge is 2.16. The van der Waals surface area contributed by atoms with Crippen molar-refractivity contribution in [2.45, 2.75) is 56.2 Å². The SMILES string of the molecule is COc1ccc(Sc2c(C)cc(N3CCCC3)cc2C)cc1C(C)C. The summed E-state index contributed by atoms with van der Waals surface area (Å²) in [6.07, 6.45) is 2.64. The molecule has 1 fully saturated rings. The maximum Gasteiger partial charge on any atom is 0.122 e. The van der Waals surface area contributed by atoms with Crippen LogP contribution in [0.1, 0.15) is 49.3 Å². The molecule has 134 valence electrons. The van der Waals surface area contributed by atoms with E-state index in [2.05, 4.69) is 62.9 Å². The lowest BCUT2D eigenvalue weighted by molar-refractivity contribution is 0.407. The van der Waals surface area contributed by atoms with Crippen LogP contribution in [0.4, 0.5) is 5.69 Å². The van der Waals surface area contributed by atoms with Gasteiger partial charge < -0.3 is 9.64 Å². The summed E-state index contributed by atoms with van der Waals surface area (Å²) in [5, 5.41) is 0. The summed E-state index contributed by atoms with van der Waals surface area (Å²) in [6.45, 7) is 11.3. The van der Waals surface area contributed by atoms with E-state index < -0.39 is 0 Å². The normalized spacial score (nSPS) is 14.4. The first-order valence-corrected chi connectivity index (χ1v) is 10.0. The number of anilines is 1. The van der Waals surface area contributed by atoms with Crippen molar-refractivity contribution in [1.82, 2.24) is 0 Å². The van der Waals surface area contributed by atoms with E-state index in [1.165, 1.54) is 58.1 Å². The number of ether oxygens (including phenoxy) is 1. The van der Waals surface area contributed by atoms with Gasteiger partial charge in [0.15, 0.2) is 0 Å². The second kappa shape index (κ2) is 7.74. The van der Waals surface area contributed by atoms with Crippen molar-refractivity contribution in [2.75, 3.05) is 25.1 Å². The van der Waals surface area contributed by atoms with Crippen molar-refractivity contribution in [3.8, 4) is 5.75 Å². The van der Waals surface area contributed by atoms with E-state index in [9.17, 15) is 0 Å². The molecular formula is C22H29NOS. The molecule has 0 amide bonds. The summed E-state index contributed by atoms with van der Waals surface area (Å²) in [7, 11) is 1.75. The number of hydrogen-bond acceptors (Lipinski definition) is 3. The Kier molecular flexibility index (Phi) is 5.63. The van der Waals surface area contributed by atoms with Crippen LogP contribution in [0, 0.1) is 13.8 Å². The first-order valence-electron chi connectivity index (χ1n) is 9.21. The molecule has 0 N–H and O–H groups in total. The van der Waals surface area contributed by atoms with Crippen molar-refractivity contribution in [2.24, 2.45) is 0 Å². The lowest BCUT2D eigenvalue weighted by atomic mass is 10.0. The van der Waals surface area contributed by atoms with Gasteiger partial charge in [-0.15, -0.1) is 0 Å². The maximum atomic E-state index is 5.52. The van der Waals surface area contributed by atoms with Crippen molar-refractivity contribution < 1.29 is 4.74 Å². The molecule has 0 aliphatic carbocycles. The smallest absolute Gasteiger partial charge is 0.122 e. The molecule has 1 saturated heterocycles. The standard InChI is InChI=1S/C22H29NOS/c1-15(2)20-14-19(8-9-21(20)24-5)25-22-16(3)12-18(13-17(22)4)23-10-6-7-11-23/h8-9,12-15H,6-7,10-11H2,1-5H3. The highest BCUT2D eigenvalue weighted by Crippen LogP contribution is 2.38. The van der Waals surface area contributed by atoms with Gasteiger partial charge in [-0.3, -0.25) is 0 Å². The Morgan fingerprint density at radius 2 is 1.64 bits per heavy atom. The van der Waals surface area contributed by atoms with Gasteiger partial charge >= 0.3 is 0 Å². The van der Waals surface area contributed by atoms with Crippen molar-refractivity contribution in [3.63, 3.8) is 0 Å². The van der Waals surface area contributed by atoms with Crippen LogP contribution < -0.4 is 9.64 Å². The van der Waals surface area contributed by atoms with E-state index >= 15 is 0 Å². The Morgan fingerprint density at radius 3 is 2.20 bits per heavy atom. The van der Waals surface area contributed by atoms with Crippen molar-refractivity contribution in [1.29, 1.82) is 0 Å². The Hall–Kier alpha value is -1.61. The lowest BCUT2D eigenvalue weighted by Gasteiger charge is -2.21. The van der Waals surface area contributed by atoms with E-state index in [0.29, 0.717) is 5.92 Å². The third-order valence-electron chi connectivity index (χ3n) is 4.96. The fourth-order valence-corrected chi connectivity index (χ4v) is 4.59. The number of methoxy groups -OCH3 is 1. The van der Waals surface area contributed by atoms with Gasteiger partial charge in [0.25, 0.3) is 0 Å². The van der Waals surface area contributed by atoms with Crippen LogP contribution in [0.25, 0.3) is 0 Å². The number of benzene rings is 2. The number of nitrogens with zero attached hydrogens (tertiary/aromatic N) is 1. The van der Waals surface area contributed by atoms with Crippen LogP contribution in [-0.4, -0.2) is 20.2 Å². The summed E-state index contributed by atoms with van der Waals surface area (Å²) in [4.78, 5) is 5.17. The molecule has 3 heteroatoms.